The summed E-state index contributed by atoms with van der Waals surface area (Å²) in [6.07, 6.45) is -0.471. The summed E-state index contributed by atoms with van der Waals surface area (Å²) in [4.78, 5) is 5.33. The van der Waals surface area contributed by atoms with Crippen molar-refractivity contribution in [3.8, 4) is 16.8 Å². The van der Waals surface area contributed by atoms with Crippen molar-refractivity contribution in [2.24, 2.45) is 4.99 Å². The van der Waals surface area contributed by atoms with Gasteiger partial charge in [-0.05, 0) is 81.6 Å². The molecule has 2 aromatic heterocycles. The molecule has 0 radical (unpaired) electrons. The number of aromatic nitrogens is 1. The summed E-state index contributed by atoms with van der Waals surface area (Å²) in [6, 6.07) is 64.6. The number of amidine groups is 1. The molecule has 2 N–H and O–H groups in total. The van der Waals surface area contributed by atoms with Crippen molar-refractivity contribution in [1.29, 1.82) is 0 Å². The fourth-order valence-corrected chi connectivity index (χ4v) is 8.26. The van der Waals surface area contributed by atoms with E-state index in [1.54, 1.807) is 0 Å². The highest BCUT2D eigenvalue weighted by Crippen LogP contribution is 2.37. The minimum atomic E-state index is -0.306. The summed E-state index contributed by atoms with van der Waals surface area (Å²) in [6.45, 7) is 0. The molecule has 3 heterocycles. The number of nitrogens with one attached hydrogen (secondary N) is 2. The quantitative estimate of drug-likeness (QED) is 0.189. The topological polar surface area (TPSA) is 54.5 Å². The molecule has 54 heavy (non-hydrogen) atoms. The number of para-hydroxylation sites is 3. The molecular formula is C49H34N4O. The maximum absolute atomic E-state index is 6.47. The zero-order valence-corrected chi connectivity index (χ0v) is 29.3. The zero-order valence-electron chi connectivity index (χ0n) is 29.3. The van der Waals surface area contributed by atoms with Crippen LogP contribution in [0, 0.1) is 0 Å². The first-order valence-electron chi connectivity index (χ1n) is 18.4. The van der Waals surface area contributed by atoms with Crippen LogP contribution < -0.4 is 10.6 Å². The van der Waals surface area contributed by atoms with Crippen molar-refractivity contribution in [1.82, 2.24) is 15.2 Å². The van der Waals surface area contributed by atoms with Gasteiger partial charge < -0.3 is 14.3 Å². The highest BCUT2D eigenvalue weighted by atomic mass is 16.3. The Kier molecular flexibility index (Phi) is 7.00. The summed E-state index contributed by atoms with van der Waals surface area (Å²) >= 11 is 0. The highest BCUT2D eigenvalue weighted by molar-refractivity contribution is 6.15. The molecular weight excluding hydrogens is 661 g/mol. The molecule has 11 rings (SSSR count). The van der Waals surface area contributed by atoms with E-state index >= 15 is 0 Å². The first-order chi connectivity index (χ1) is 26.7. The van der Waals surface area contributed by atoms with Gasteiger partial charge in [0.2, 0.25) is 0 Å². The molecule has 5 heteroatoms. The Labute approximate surface area is 311 Å². The number of aliphatic imine (C=N–C) groups is 1. The number of hydrogen-bond donors (Lipinski definition) is 2. The van der Waals surface area contributed by atoms with E-state index in [0.717, 1.165) is 61.3 Å². The molecule has 5 nitrogen and oxygen atoms in total. The second kappa shape index (κ2) is 12.3. The monoisotopic (exact) mass is 694 g/mol. The fraction of sp³-hybridized carbons (Fsp3) is 0.0408. The van der Waals surface area contributed by atoms with Crippen LogP contribution in [-0.4, -0.2) is 10.4 Å². The number of furan rings is 1. The minimum Gasteiger partial charge on any atom is -0.455 e. The second-order valence-electron chi connectivity index (χ2n) is 14.1. The molecule has 2 unspecified atom stereocenters. The molecule has 2 atom stereocenters. The highest BCUT2D eigenvalue weighted by Gasteiger charge is 2.27. The fourth-order valence-electron chi connectivity index (χ4n) is 8.26. The van der Waals surface area contributed by atoms with Crippen LogP contribution in [0.5, 0.6) is 0 Å². The van der Waals surface area contributed by atoms with Gasteiger partial charge in [-0.25, -0.2) is 4.99 Å². The number of rotatable bonds is 5. The Balaban J connectivity index is 1.02. The van der Waals surface area contributed by atoms with Gasteiger partial charge in [-0.2, -0.15) is 0 Å². The van der Waals surface area contributed by atoms with E-state index < -0.39 is 0 Å². The molecule has 0 spiro atoms. The Morgan fingerprint density at radius 3 is 2.07 bits per heavy atom. The minimum absolute atomic E-state index is 0.165. The van der Waals surface area contributed by atoms with E-state index in [0.29, 0.717) is 0 Å². The molecule has 0 amide bonds. The first-order valence-corrected chi connectivity index (χ1v) is 18.4. The summed E-state index contributed by atoms with van der Waals surface area (Å²) in [5, 5.41) is 14.7. The standard InChI is InChI=1S/C49H34N4O/c1-2-13-31(14-3-1)47-50-48(52-49(51-47)41-24-12-23-40-39-22-7-9-26-45(39)54-46(40)41)36-19-10-17-32(27-36)33-18-11-20-37(28-33)53-43-25-8-6-21-38(43)42-29-34-15-4-5-16-35(34)30-44(42)53/h1-30,47-48,50H,(H,51,52). The largest absolute Gasteiger partial charge is 0.455 e. The number of hydrogen-bond acceptors (Lipinski definition) is 4. The first kappa shape index (κ1) is 30.7. The summed E-state index contributed by atoms with van der Waals surface area (Å²) in [5.74, 6) is 0.795. The van der Waals surface area contributed by atoms with Crippen LogP contribution in [0.25, 0.3) is 71.3 Å². The third-order valence-electron chi connectivity index (χ3n) is 10.8. The molecule has 0 saturated heterocycles. The van der Waals surface area contributed by atoms with Crippen LogP contribution in [0.1, 0.15) is 29.0 Å². The van der Waals surface area contributed by atoms with Gasteiger partial charge in [0, 0.05) is 27.2 Å². The van der Waals surface area contributed by atoms with Crippen LogP contribution >= 0.6 is 0 Å². The van der Waals surface area contributed by atoms with E-state index in [-0.39, 0.29) is 12.3 Å². The lowest BCUT2D eigenvalue weighted by Crippen LogP contribution is -2.45. The number of benzene rings is 8. The lowest BCUT2D eigenvalue weighted by atomic mass is 10.00. The molecule has 8 aromatic carbocycles. The van der Waals surface area contributed by atoms with Crippen molar-refractivity contribution in [2.75, 3.05) is 0 Å². The average molecular weight is 695 g/mol. The average Bonchev–Trinajstić information content (AvgIpc) is 3.78. The van der Waals surface area contributed by atoms with E-state index in [2.05, 4.69) is 179 Å². The third kappa shape index (κ3) is 5.01. The Morgan fingerprint density at radius 2 is 1.19 bits per heavy atom. The Bertz CT molecular complexity index is 3080. The van der Waals surface area contributed by atoms with E-state index in [4.69, 9.17) is 9.41 Å². The SMILES string of the molecule is c1ccc(C2NC(c3cccc4c3oc3ccccc34)=NC(c3cccc(-c4cccc(-n5c6ccccc6c6cc7ccccc7cc65)c4)c3)N2)cc1. The molecule has 0 fully saturated rings. The van der Waals surface area contributed by atoms with Crippen LogP contribution in [-0.2, 0) is 0 Å². The summed E-state index contributed by atoms with van der Waals surface area (Å²) in [7, 11) is 0. The molecule has 10 aromatic rings. The van der Waals surface area contributed by atoms with Crippen LogP contribution in [0.2, 0.25) is 0 Å². The van der Waals surface area contributed by atoms with Crippen molar-refractivity contribution < 1.29 is 4.42 Å². The molecule has 0 bridgehead atoms. The van der Waals surface area contributed by atoms with Crippen molar-refractivity contribution in [3.63, 3.8) is 0 Å². The maximum Gasteiger partial charge on any atom is 0.146 e. The smallest absolute Gasteiger partial charge is 0.146 e. The van der Waals surface area contributed by atoms with Gasteiger partial charge in [0.25, 0.3) is 0 Å². The number of nitrogens with zero attached hydrogens (tertiary/aromatic N) is 2. The number of fused-ring (bicyclic) bond motifs is 7. The van der Waals surface area contributed by atoms with Crippen molar-refractivity contribution in [2.45, 2.75) is 12.3 Å². The lowest BCUT2D eigenvalue weighted by Gasteiger charge is -2.32. The molecule has 256 valence electrons. The zero-order chi connectivity index (χ0) is 35.6. The predicted octanol–water partition coefficient (Wildman–Crippen LogP) is 11.8. The molecule has 0 saturated carbocycles. The Hall–Kier alpha value is -6.95. The molecule has 1 aliphatic rings. The van der Waals surface area contributed by atoms with Gasteiger partial charge in [-0.15, -0.1) is 0 Å². The lowest BCUT2D eigenvalue weighted by molar-refractivity contribution is 0.409. The predicted molar refractivity (Wildman–Crippen MR) is 222 cm³/mol. The van der Waals surface area contributed by atoms with Gasteiger partial charge >= 0.3 is 0 Å². The second-order valence-corrected chi connectivity index (χ2v) is 14.1. The van der Waals surface area contributed by atoms with E-state index in [1.165, 1.54) is 32.6 Å². The molecule has 1 aliphatic heterocycles. The van der Waals surface area contributed by atoms with Gasteiger partial charge in [0.1, 0.15) is 29.3 Å². The Morgan fingerprint density at radius 1 is 0.500 bits per heavy atom. The normalized spacial score (nSPS) is 16.0. The van der Waals surface area contributed by atoms with Crippen LogP contribution in [0.4, 0.5) is 0 Å². The van der Waals surface area contributed by atoms with Crippen molar-refractivity contribution >= 4 is 60.4 Å². The van der Waals surface area contributed by atoms with Gasteiger partial charge in [0.05, 0.1) is 16.6 Å². The molecule has 0 aliphatic carbocycles. The van der Waals surface area contributed by atoms with Crippen LogP contribution in [0.3, 0.4) is 0 Å². The summed E-state index contributed by atoms with van der Waals surface area (Å²) < 4.78 is 8.87. The van der Waals surface area contributed by atoms with E-state index in [9.17, 15) is 0 Å². The van der Waals surface area contributed by atoms with Gasteiger partial charge in [0.15, 0.2) is 0 Å². The maximum atomic E-state index is 6.47. The van der Waals surface area contributed by atoms with Gasteiger partial charge in [-0.1, -0.05) is 133 Å². The van der Waals surface area contributed by atoms with Crippen LogP contribution in [0.15, 0.2) is 191 Å². The van der Waals surface area contributed by atoms with Gasteiger partial charge in [-0.3, -0.25) is 5.32 Å². The third-order valence-corrected chi connectivity index (χ3v) is 10.8. The van der Waals surface area contributed by atoms with E-state index in [1.807, 2.05) is 18.2 Å². The van der Waals surface area contributed by atoms with Crippen molar-refractivity contribution in [3.05, 3.63) is 199 Å². The summed E-state index contributed by atoms with van der Waals surface area (Å²) in [5.41, 5.74) is 10.7.